The second-order valence-electron chi connectivity index (χ2n) is 2.89. The molecule has 0 N–H and O–H groups in total. The Bertz CT molecular complexity index is 413. The molecule has 4 nitrogen and oxygen atoms in total. The molecule has 0 radical (unpaired) electrons. The Kier molecular flexibility index (Phi) is 2.36. The lowest BCUT2D eigenvalue weighted by atomic mass is 10.1. The highest BCUT2D eigenvalue weighted by molar-refractivity contribution is 5.96. The molecule has 0 spiro atoms. The summed E-state index contributed by atoms with van der Waals surface area (Å²) >= 11 is 0. The number of imidazole rings is 1. The highest BCUT2D eigenvalue weighted by atomic mass is 16.1. The van der Waals surface area contributed by atoms with Crippen LogP contribution in [-0.4, -0.2) is 21.7 Å². The number of aliphatic imine (C=N–C) groups is 1. The van der Waals surface area contributed by atoms with Gasteiger partial charge in [-0.05, 0) is 12.0 Å². The summed E-state index contributed by atoms with van der Waals surface area (Å²) in [5.41, 5.74) is 0.909. The van der Waals surface area contributed by atoms with Gasteiger partial charge >= 0.3 is 0 Å². The van der Waals surface area contributed by atoms with Crippen LogP contribution in [-0.2, 0) is 0 Å². The molecule has 70 valence electrons. The number of hydrogen-bond donors (Lipinski definition) is 0. The van der Waals surface area contributed by atoms with Crippen molar-refractivity contribution in [3.63, 3.8) is 0 Å². The lowest BCUT2D eigenvalue weighted by Crippen LogP contribution is -2.06. The van der Waals surface area contributed by atoms with Gasteiger partial charge in [-0.2, -0.15) is 0 Å². The highest BCUT2D eigenvalue weighted by Crippen LogP contribution is 2.05. The molecule has 0 saturated heterocycles. The van der Waals surface area contributed by atoms with Gasteiger partial charge in [0.05, 0.1) is 0 Å². The molecule has 0 aromatic carbocycles. The predicted octanol–water partition coefficient (Wildman–Crippen LogP) is 1.44. The van der Waals surface area contributed by atoms with Crippen molar-refractivity contribution in [2.75, 3.05) is 0 Å². The van der Waals surface area contributed by atoms with E-state index in [4.69, 9.17) is 0 Å². The van der Waals surface area contributed by atoms with Gasteiger partial charge in [-0.25, -0.2) is 4.98 Å². The standard InChI is InChI=1S/C10H9N3O/c14-10(13-5-4-12-8-13)6-9-2-1-3-11-7-9/h1,3-8H,2H2/b9-6-. The molecular weight excluding hydrogens is 178 g/mol. The minimum Gasteiger partial charge on any atom is -0.273 e. The topological polar surface area (TPSA) is 47.2 Å². The summed E-state index contributed by atoms with van der Waals surface area (Å²) < 4.78 is 1.43. The average Bonchev–Trinajstić information content (AvgIpc) is 2.72. The molecule has 4 heteroatoms. The fraction of sp³-hybridized carbons (Fsp3) is 0.100. The Morgan fingerprint density at radius 2 is 2.50 bits per heavy atom. The van der Waals surface area contributed by atoms with Gasteiger partial charge in [0.2, 0.25) is 0 Å². The molecule has 2 heterocycles. The Morgan fingerprint density at radius 1 is 1.57 bits per heavy atom. The summed E-state index contributed by atoms with van der Waals surface area (Å²) in [6.07, 6.45) is 12.3. The van der Waals surface area contributed by atoms with Gasteiger partial charge in [0, 0.05) is 30.9 Å². The van der Waals surface area contributed by atoms with Crippen LogP contribution in [0.15, 0.2) is 47.6 Å². The third-order valence-corrected chi connectivity index (χ3v) is 1.85. The minimum atomic E-state index is -0.0979. The van der Waals surface area contributed by atoms with E-state index in [1.54, 1.807) is 30.9 Å². The van der Waals surface area contributed by atoms with E-state index in [9.17, 15) is 4.79 Å². The Labute approximate surface area is 81.3 Å². The Balaban J connectivity index is 2.15. The maximum Gasteiger partial charge on any atom is 0.256 e. The summed E-state index contributed by atoms with van der Waals surface area (Å²) in [7, 11) is 0. The van der Waals surface area contributed by atoms with Gasteiger partial charge in [0.15, 0.2) is 0 Å². The van der Waals surface area contributed by atoms with Crippen molar-refractivity contribution in [1.82, 2.24) is 9.55 Å². The molecule has 14 heavy (non-hydrogen) atoms. The van der Waals surface area contributed by atoms with Crippen LogP contribution in [0.25, 0.3) is 0 Å². The summed E-state index contributed by atoms with van der Waals surface area (Å²) in [5.74, 6) is -0.0979. The van der Waals surface area contributed by atoms with E-state index >= 15 is 0 Å². The molecule has 0 amide bonds. The molecule has 1 aliphatic rings. The number of aromatic nitrogens is 2. The van der Waals surface area contributed by atoms with Gasteiger partial charge in [0.25, 0.3) is 5.91 Å². The van der Waals surface area contributed by atoms with Crippen molar-refractivity contribution in [2.24, 2.45) is 4.99 Å². The first-order valence-electron chi connectivity index (χ1n) is 4.27. The quantitative estimate of drug-likeness (QED) is 0.624. The van der Waals surface area contributed by atoms with E-state index in [1.165, 1.54) is 10.9 Å². The van der Waals surface area contributed by atoms with Crippen LogP contribution in [0.3, 0.4) is 0 Å². The van der Waals surface area contributed by atoms with Crippen molar-refractivity contribution in [3.8, 4) is 0 Å². The van der Waals surface area contributed by atoms with E-state index in [0.29, 0.717) is 0 Å². The van der Waals surface area contributed by atoms with Crippen LogP contribution in [0.2, 0.25) is 0 Å². The van der Waals surface area contributed by atoms with Gasteiger partial charge in [-0.3, -0.25) is 14.4 Å². The molecule has 1 aromatic rings. The zero-order valence-corrected chi connectivity index (χ0v) is 7.50. The van der Waals surface area contributed by atoms with Crippen LogP contribution in [0, 0.1) is 0 Å². The predicted molar refractivity (Wildman–Crippen MR) is 53.2 cm³/mol. The number of rotatable bonds is 1. The smallest absolute Gasteiger partial charge is 0.256 e. The van der Waals surface area contributed by atoms with E-state index in [1.807, 2.05) is 6.08 Å². The van der Waals surface area contributed by atoms with E-state index in [2.05, 4.69) is 9.98 Å². The molecule has 0 unspecified atom stereocenters. The first-order valence-corrected chi connectivity index (χ1v) is 4.27. The molecular formula is C10H9N3O. The van der Waals surface area contributed by atoms with Crippen LogP contribution in [0.4, 0.5) is 0 Å². The second kappa shape index (κ2) is 3.83. The maximum absolute atomic E-state index is 11.5. The van der Waals surface area contributed by atoms with Crippen molar-refractivity contribution < 1.29 is 4.79 Å². The molecule has 2 rings (SSSR count). The summed E-state index contributed by atoms with van der Waals surface area (Å²) in [4.78, 5) is 19.3. The van der Waals surface area contributed by atoms with Crippen LogP contribution in [0.5, 0.6) is 0 Å². The minimum absolute atomic E-state index is 0.0979. The highest BCUT2D eigenvalue weighted by Gasteiger charge is 2.02. The van der Waals surface area contributed by atoms with Crippen molar-refractivity contribution in [1.29, 1.82) is 0 Å². The van der Waals surface area contributed by atoms with E-state index in [0.717, 1.165) is 12.0 Å². The van der Waals surface area contributed by atoms with Gasteiger partial charge < -0.3 is 0 Å². The normalized spacial score (nSPS) is 17.6. The molecule has 0 atom stereocenters. The first-order chi connectivity index (χ1) is 6.86. The summed E-state index contributed by atoms with van der Waals surface area (Å²) in [5, 5.41) is 0. The van der Waals surface area contributed by atoms with E-state index in [-0.39, 0.29) is 5.91 Å². The van der Waals surface area contributed by atoms with E-state index < -0.39 is 0 Å². The molecule has 0 bridgehead atoms. The number of allylic oxidation sites excluding steroid dienone is 3. The number of carbonyl (C=O) groups is 1. The number of nitrogens with zero attached hydrogens (tertiary/aromatic N) is 3. The second-order valence-corrected chi connectivity index (χ2v) is 2.89. The molecule has 0 fully saturated rings. The largest absolute Gasteiger partial charge is 0.273 e. The fourth-order valence-corrected chi connectivity index (χ4v) is 1.16. The van der Waals surface area contributed by atoms with Crippen LogP contribution >= 0.6 is 0 Å². The first kappa shape index (κ1) is 8.62. The van der Waals surface area contributed by atoms with Crippen molar-refractivity contribution in [2.45, 2.75) is 6.42 Å². The summed E-state index contributed by atoms with van der Waals surface area (Å²) in [6.45, 7) is 0. The molecule has 1 aromatic heterocycles. The number of hydrogen-bond acceptors (Lipinski definition) is 3. The monoisotopic (exact) mass is 187 g/mol. The van der Waals surface area contributed by atoms with Crippen LogP contribution < -0.4 is 0 Å². The van der Waals surface area contributed by atoms with Gasteiger partial charge in [-0.1, -0.05) is 6.08 Å². The zero-order valence-electron chi connectivity index (χ0n) is 7.50. The van der Waals surface area contributed by atoms with Gasteiger partial charge in [0.1, 0.15) is 6.33 Å². The third kappa shape index (κ3) is 1.85. The lowest BCUT2D eigenvalue weighted by molar-refractivity contribution is 0.0968. The summed E-state index contributed by atoms with van der Waals surface area (Å²) in [6, 6.07) is 0. The zero-order chi connectivity index (χ0) is 9.80. The third-order valence-electron chi connectivity index (χ3n) is 1.85. The van der Waals surface area contributed by atoms with Crippen LogP contribution in [0.1, 0.15) is 11.2 Å². The molecule has 0 aliphatic carbocycles. The van der Waals surface area contributed by atoms with Crippen molar-refractivity contribution >= 4 is 12.1 Å². The average molecular weight is 187 g/mol. The fourth-order valence-electron chi connectivity index (χ4n) is 1.16. The molecule has 0 saturated carbocycles. The molecule has 1 aliphatic heterocycles. The Morgan fingerprint density at radius 3 is 3.14 bits per heavy atom. The maximum atomic E-state index is 11.5. The lowest BCUT2D eigenvalue weighted by Gasteiger charge is -2.00. The Hall–Kier alpha value is -1.97. The van der Waals surface area contributed by atoms with Crippen molar-refractivity contribution in [3.05, 3.63) is 42.6 Å². The SMILES string of the molecule is O=C(/C=C1\C=NC=CC1)n1ccnc1. The number of carbonyl (C=O) groups excluding carboxylic acids is 1. The van der Waals surface area contributed by atoms with Gasteiger partial charge in [-0.15, -0.1) is 0 Å².